The first-order valence-electron chi connectivity index (χ1n) is 21.3. The summed E-state index contributed by atoms with van der Waals surface area (Å²) < 4.78 is 0. The molecule has 0 aliphatic rings. The lowest BCUT2D eigenvalue weighted by molar-refractivity contribution is -0.138. The minimum atomic E-state index is -0.656. The van der Waals surface area contributed by atoms with Gasteiger partial charge < -0.3 is 49.1 Å². The van der Waals surface area contributed by atoms with Crippen LogP contribution < -0.4 is 39.3 Å². The van der Waals surface area contributed by atoms with Crippen LogP contribution in [0.2, 0.25) is 0 Å². The van der Waals surface area contributed by atoms with Gasteiger partial charge in [0.15, 0.2) is 0 Å². The molecule has 0 aromatic carbocycles. The molecule has 0 rings (SSSR count). The molecule has 0 heterocycles. The second kappa shape index (κ2) is 35.9. The SMILES string of the molecule is CCCCCCCCCCCCCCCC(=O)N[C@@H](CCCCN)CN(CC(=O)N[C@@H](CCCCN)CN(CC(N)=O)C(=O)CCCN)C(=O)CCCN. The van der Waals surface area contributed by atoms with Crippen molar-refractivity contribution in [2.24, 2.45) is 28.7 Å². The van der Waals surface area contributed by atoms with Crippen molar-refractivity contribution < 1.29 is 24.0 Å². The van der Waals surface area contributed by atoms with Gasteiger partial charge in [-0.1, -0.05) is 96.8 Å². The van der Waals surface area contributed by atoms with E-state index in [0.717, 1.165) is 38.5 Å². The first-order valence-corrected chi connectivity index (χ1v) is 21.3. The number of nitrogens with zero attached hydrogens (tertiary/aromatic N) is 2. The third kappa shape index (κ3) is 29.5. The van der Waals surface area contributed by atoms with Crippen LogP contribution >= 0.6 is 0 Å². The summed E-state index contributed by atoms with van der Waals surface area (Å²) in [4.78, 5) is 67.6. The van der Waals surface area contributed by atoms with Crippen molar-refractivity contribution in [1.29, 1.82) is 0 Å². The van der Waals surface area contributed by atoms with E-state index in [9.17, 15) is 24.0 Å². The first kappa shape index (κ1) is 51.2. The Hall–Kier alpha value is -2.81. The van der Waals surface area contributed by atoms with Crippen molar-refractivity contribution in [3.8, 4) is 0 Å². The molecule has 0 aromatic rings. The van der Waals surface area contributed by atoms with E-state index in [1.165, 1.54) is 74.0 Å². The van der Waals surface area contributed by atoms with Crippen LogP contribution in [0, 0.1) is 0 Å². The molecule has 0 spiro atoms. The molecule has 0 saturated heterocycles. The fourth-order valence-corrected chi connectivity index (χ4v) is 6.59. The van der Waals surface area contributed by atoms with Gasteiger partial charge in [0.1, 0.15) is 0 Å². The monoisotopic (exact) mass is 768 g/mol. The molecule has 14 nitrogen and oxygen atoms in total. The van der Waals surface area contributed by atoms with E-state index in [4.69, 9.17) is 28.7 Å². The summed E-state index contributed by atoms with van der Waals surface area (Å²) in [6.45, 7) is 3.66. The van der Waals surface area contributed by atoms with Gasteiger partial charge in [0, 0.05) is 44.4 Å². The second-order valence-corrected chi connectivity index (χ2v) is 14.9. The summed E-state index contributed by atoms with van der Waals surface area (Å²) in [6, 6.07) is -0.834. The molecule has 316 valence electrons. The summed E-state index contributed by atoms with van der Waals surface area (Å²) in [7, 11) is 0. The number of primary amides is 1. The number of rotatable bonds is 38. The number of carbonyl (C=O) groups is 5. The van der Waals surface area contributed by atoms with Crippen LogP contribution in [0.5, 0.6) is 0 Å². The van der Waals surface area contributed by atoms with E-state index in [1.807, 2.05) is 0 Å². The van der Waals surface area contributed by atoms with Gasteiger partial charge in [-0.15, -0.1) is 0 Å². The van der Waals surface area contributed by atoms with E-state index in [1.54, 1.807) is 0 Å². The van der Waals surface area contributed by atoms with Gasteiger partial charge in [0.2, 0.25) is 29.5 Å². The maximum Gasteiger partial charge on any atom is 0.239 e. The Kier molecular flexibility index (Phi) is 34.0. The molecular formula is C40H81N9O5. The Balaban J connectivity index is 5.39. The molecule has 12 N–H and O–H groups in total. The van der Waals surface area contributed by atoms with Gasteiger partial charge in [-0.2, -0.15) is 0 Å². The number of amides is 5. The molecular weight excluding hydrogens is 686 g/mol. The van der Waals surface area contributed by atoms with Crippen LogP contribution in [0.3, 0.4) is 0 Å². The molecule has 54 heavy (non-hydrogen) atoms. The molecule has 0 fully saturated rings. The van der Waals surface area contributed by atoms with Gasteiger partial charge >= 0.3 is 0 Å². The lowest BCUT2D eigenvalue weighted by Gasteiger charge is -2.30. The van der Waals surface area contributed by atoms with Gasteiger partial charge in [0.25, 0.3) is 0 Å². The van der Waals surface area contributed by atoms with Crippen molar-refractivity contribution in [2.75, 3.05) is 52.4 Å². The van der Waals surface area contributed by atoms with Crippen molar-refractivity contribution in [1.82, 2.24) is 20.4 Å². The van der Waals surface area contributed by atoms with Crippen LogP contribution in [-0.2, 0) is 24.0 Å². The molecule has 0 radical (unpaired) electrons. The lowest BCUT2D eigenvalue weighted by Crippen LogP contribution is -2.52. The summed E-state index contributed by atoms with van der Waals surface area (Å²) in [5.74, 6) is -1.61. The number of nitrogens with one attached hydrogen (secondary N) is 2. The Morgan fingerprint density at radius 1 is 0.463 bits per heavy atom. The summed E-state index contributed by atoms with van der Waals surface area (Å²) in [5.41, 5.74) is 28.2. The molecule has 0 aliphatic heterocycles. The highest BCUT2D eigenvalue weighted by atomic mass is 16.2. The molecule has 0 unspecified atom stereocenters. The molecule has 0 aliphatic carbocycles. The topological polar surface area (TPSA) is 246 Å². The third-order valence-electron chi connectivity index (χ3n) is 9.71. The van der Waals surface area contributed by atoms with Gasteiger partial charge in [-0.05, 0) is 71.1 Å². The van der Waals surface area contributed by atoms with Gasteiger partial charge in [-0.25, -0.2) is 0 Å². The lowest BCUT2D eigenvalue weighted by atomic mass is 10.0. The zero-order valence-electron chi connectivity index (χ0n) is 34.1. The number of hydrogen-bond donors (Lipinski definition) is 7. The minimum Gasteiger partial charge on any atom is -0.368 e. The molecule has 14 heteroatoms. The highest BCUT2D eigenvalue weighted by Crippen LogP contribution is 2.14. The molecule has 5 amide bonds. The molecule has 2 atom stereocenters. The minimum absolute atomic E-state index is 0.0524. The summed E-state index contributed by atoms with van der Waals surface area (Å²) >= 11 is 0. The normalized spacial score (nSPS) is 12.2. The average Bonchev–Trinajstić information content (AvgIpc) is 3.13. The largest absolute Gasteiger partial charge is 0.368 e. The van der Waals surface area contributed by atoms with Crippen LogP contribution in [0.15, 0.2) is 0 Å². The Bertz CT molecular complexity index is 987. The quantitative estimate of drug-likeness (QED) is 0.0455. The summed E-state index contributed by atoms with van der Waals surface area (Å²) in [6.07, 6.45) is 21.8. The smallest absolute Gasteiger partial charge is 0.239 e. The van der Waals surface area contributed by atoms with Crippen molar-refractivity contribution in [3.05, 3.63) is 0 Å². The number of nitrogens with two attached hydrogens (primary N) is 5. The van der Waals surface area contributed by atoms with E-state index in [-0.39, 0.29) is 62.8 Å². The Morgan fingerprint density at radius 2 is 0.852 bits per heavy atom. The summed E-state index contributed by atoms with van der Waals surface area (Å²) in [5, 5.41) is 6.14. The van der Waals surface area contributed by atoms with E-state index >= 15 is 0 Å². The first-order chi connectivity index (χ1) is 26.1. The predicted molar refractivity (Wildman–Crippen MR) is 219 cm³/mol. The third-order valence-corrected chi connectivity index (χ3v) is 9.71. The number of unbranched alkanes of at least 4 members (excludes halogenated alkanes) is 14. The maximum atomic E-state index is 13.6. The highest BCUT2D eigenvalue weighted by Gasteiger charge is 2.26. The van der Waals surface area contributed by atoms with E-state index < -0.39 is 17.9 Å². The number of hydrogen-bond acceptors (Lipinski definition) is 9. The van der Waals surface area contributed by atoms with Crippen LogP contribution in [0.4, 0.5) is 0 Å². The molecule has 0 aromatic heterocycles. The Morgan fingerprint density at radius 3 is 1.26 bits per heavy atom. The van der Waals surface area contributed by atoms with Crippen molar-refractivity contribution in [2.45, 2.75) is 173 Å². The standard InChI is InChI=1S/C40H81N9O5/c1-2-3-4-5-6-7-8-9-10-11-12-13-14-23-37(51)46-34(21-15-17-26-41)31-49(40(54)25-20-29-44)33-38(52)47-35(22-16-18-27-42)30-48(32-36(45)50)39(53)24-19-28-43/h34-35H,2-33,41-44H2,1H3,(H2,45,50)(H,46,51)(H,47,52)/t34-,35-/m0/s1. The zero-order valence-corrected chi connectivity index (χ0v) is 34.1. The predicted octanol–water partition coefficient (Wildman–Crippen LogP) is 3.32. The van der Waals surface area contributed by atoms with Crippen LogP contribution in [0.1, 0.15) is 161 Å². The number of carbonyl (C=O) groups excluding carboxylic acids is 5. The maximum absolute atomic E-state index is 13.6. The van der Waals surface area contributed by atoms with Gasteiger partial charge in [-0.3, -0.25) is 24.0 Å². The van der Waals surface area contributed by atoms with E-state index in [0.29, 0.717) is 64.7 Å². The average molecular weight is 768 g/mol. The van der Waals surface area contributed by atoms with Crippen LogP contribution in [-0.4, -0.2) is 104 Å². The fraction of sp³-hybridized carbons (Fsp3) is 0.875. The van der Waals surface area contributed by atoms with Crippen LogP contribution in [0.25, 0.3) is 0 Å². The fourth-order valence-electron chi connectivity index (χ4n) is 6.59. The van der Waals surface area contributed by atoms with Crippen molar-refractivity contribution >= 4 is 29.5 Å². The zero-order chi connectivity index (χ0) is 40.2. The van der Waals surface area contributed by atoms with E-state index in [2.05, 4.69) is 17.6 Å². The van der Waals surface area contributed by atoms with Gasteiger partial charge in [0.05, 0.1) is 13.1 Å². The van der Waals surface area contributed by atoms with Crippen molar-refractivity contribution in [3.63, 3.8) is 0 Å². The molecule has 0 saturated carbocycles. The highest BCUT2D eigenvalue weighted by molar-refractivity contribution is 5.86. The molecule has 0 bridgehead atoms. The Labute approximate surface area is 327 Å². The second-order valence-electron chi connectivity index (χ2n) is 14.9.